The Kier molecular flexibility index (Phi) is 29.0. The summed E-state index contributed by atoms with van der Waals surface area (Å²) in [4.78, 5) is 30.7. The summed E-state index contributed by atoms with van der Waals surface area (Å²) in [6.45, 7) is 16.6. The molecule has 306 valence electrons. The van der Waals surface area contributed by atoms with Crippen molar-refractivity contribution in [2.45, 2.75) is 169 Å². The summed E-state index contributed by atoms with van der Waals surface area (Å²) in [5, 5.41) is 0. The summed E-state index contributed by atoms with van der Waals surface area (Å²) in [5.41, 5.74) is 4.25. The summed E-state index contributed by atoms with van der Waals surface area (Å²) < 4.78 is 12.0. The largest absolute Gasteiger partial charge is 0.369 e. The third kappa shape index (κ3) is 22.9. The van der Waals surface area contributed by atoms with E-state index < -0.39 is 0 Å². The Bertz CT molecular complexity index is 1120. The van der Waals surface area contributed by atoms with Gasteiger partial charge in [0.2, 0.25) is 0 Å². The molecule has 54 heavy (non-hydrogen) atoms. The first kappa shape index (κ1) is 47.8. The standard InChI is InChI=1S/C48H80N2O4/c1-5-9-13-15-17-23-35-49(33-11-7-3)37-25-29-45(51)41-53-39-43-27-19-21-31-47(43)48-32-22-20-28-44(48)40-54-42-46(52)30-26-38-50(34-12-8-4)36-24-18-16-14-10-6-2/h19-22,27-28,31-32H,5-18,23-26,29-30,33-42H2,1-4H3. The molecule has 0 aliphatic carbocycles. The highest BCUT2D eigenvalue weighted by Crippen LogP contribution is 2.28. The van der Waals surface area contributed by atoms with Gasteiger partial charge in [0.1, 0.15) is 13.2 Å². The van der Waals surface area contributed by atoms with Crippen molar-refractivity contribution in [2.75, 3.05) is 52.5 Å². The number of ether oxygens (including phenoxy) is 2. The maximum atomic E-state index is 12.8. The van der Waals surface area contributed by atoms with Crippen molar-refractivity contribution in [1.29, 1.82) is 0 Å². The normalized spacial score (nSPS) is 11.6. The van der Waals surface area contributed by atoms with Gasteiger partial charge >= 0.3 is 0 Å². The number of unbranched alkanes of at least 4 members (excludes halogenated alkanes) is 12. The molecule has 0 heterocycles. The zero-order chi connectivity index (χ0) is 38.9. The number of hydrogen-bond acceptors (Lipinski definition) is 6. The highest BCUT2D eigenvalue weighted by atomic mass is 16.5. The van der Waals surface area contributed by atoms with Gasteiger partial charge in [0.25, 0.3) is 0 Å². The average Bonchev–Trinajstić information content (AvgIpc) is 3.18. The maximum Gasteiger partial charge on any atom is 0.158 e. The maximum absolute atomic E-state index is 12.8. The van der Waals surface area contributed by atoms with Crippen LogP contribution in [0.5, 0.6) is 0 Å². The lowest BCUT2D eigenvalue weighted by Crippen LogP contribution is -2.28. The van der Waals surface area contributed by atoms with E-state index in [9.17, 15) is 9.59 Å². The van der Waals surface area contributed by atoms with Crippen LogP contribution in [0.25, 0.3) is 11.1 Å². The van der Waals surface area contributed by atoms with Gasteiger partial charge in [0.15, 0.2) is 11.6 Å². The third-order valence-electron chi connectivity index (χ3n) is 10.5. The molecular weight excluding hydrogens is 669 g/mol. The SMILES string of the molecule is CCCCCCCCN(CCCC)CCCC(=O)COCc1ccccc1-c1ccccc1COCC(=O)CCCN(CCCC)CCCCCCCC. The Morgan fingerprint density at radius 1 is 0.426 bits per heavy atom. The molecule has 6 heteroatoms. The van der Waals surface area contributed by atoms with Gasteiger partial charge in [0, 0.05) is 12.8 Å². The predicted molar refractivity (Wildman–Crippen MR) is 229 cm³/mol. The Labute approximate surface area is 332 Å². The summed E-state index contributed by atoms with van der Waals surface area (Å²) >= 11 is 0. The van der Waals surface area contributed by atoms with Gasteiger partial charge in [-0.15, -0.1) is 0 Å². The van der Waals surface area contributed by atoms with Crippen molar-refractivity contribution in [3.8, 4) is 11.1 Å². The van der Waals surface area contributed by atoms with Gasteiger partial charge in [-0.1, -0.05) is 153 Å². The quantitative estimate of drug-likeness (QED) is 0.0641. The number of nitrogens with zero attached hydrogens (tertiary/aromatic N) is 2. The lowest BCUT2D eigenvalue weighted by molar-refractivity contribution is -0.124. The minimum Gasteiger partial charge on any atom is -0.369 e. The van der Waals surface area contributed by atoms with Crippen LogP contribution in [0.1, 0.15) is 167 Å². The van der Waals surface area contributed by atoms with E-state index in [1.54, 1.807) is 0 Å². The van der Waals surface area contributed by atoms with Crippen LogP contribution in [0.4, 0.5) is 0 Å². The van der Waals surface area contributed by atoms with Gasteiger partial charge in [-0.05, 0) is 100 Å². The van der Waals surface area contributed by atoms with Crippen LogP contribution < -0.4 is 0 Å². The van der Waals surface area contributed by atoms with Crippen molar-refractivity contribution in [1.82, 2.24) is 9.80 Å². The minimum atomic E-state index is 0.142. The zero-order valence-corrected chi connectivity index (χ0v) is 35.4. The van der Waals surface area contributed by atoms with Gasteiger partial charge in [-0.25, -0.2) is 0 Å². The lowest BCUT2D eigenvalue weighted by atomic mass is 9.96. The van der Waals surface area contributed by atoms with Gasteiger partial charge in [-0.2, -0.15) is 0 Å². The molecule has 0 aliphatic rings. The van der Waals surface area contributed by atoms with E-state index in [2.05, 4.69) is 61.8 Å². The molecule has 0 fully saturated rings. The molecule has 0 radical (unpaired) electrons. The second kappa shape index (κ2) is 32.8. The smallest absolute Gasteiger partial charge is 0.158 e. The lowest BCUT2D eigenvalue weighted by Gasteiger charge is -2.22. The molecule has 0 saturated carbocycles. The molecule has 0 unspecified atom stereocenters. The molecule has 2 rings (SSSR count). The monoisotopic (exact) mass is 749 g/mol. The zero-order valence-electron chi connectivity index (χ0n) is 35.4. The summed E-state index contributed by atoms with van der Waals surface area (Å²) in [6, 6.07) is 16.5. The first-order chi connectivity index (χ1) is 26.5. The van der Waals surface area contributed by atoms with Gasteiger partial charge < -0.3 is 19.3 Å². The first-order valence-electron chi connectivity index (χ1n) is 22.3. The average molecular weight is 749 g/mol. The summed E-state index contributed by atoms with van der Waals surface area (Å²) in [5.74, 6) is 0.347. The van der Waals surface area contributed by atoms with E-state index in [0.717, 1.165) is 74.4 Å². The van der Waals surface area contributed by atoms with Crippen LogP contribution in [0.3, 0.4) is 0 Å². The molecule has 0 saturated heterocycles. The molecule has 6 nitrogen and oxygen atoms in total. The van der Waals surface area contributed by atoms with Crippen LogP contribution in [0, 0.1) is 0 Å². The minimum absolute atomic E-state index is 0.142. The van der Waals surface area contributed by atoms with Crippen LogP contribution in [0.15, 0.2) is 48.5 Å². The third-order valence-corrected chi connectivity index (χ3v) is 10.5. The van der Waals surface area contributed by atoms with E-state index in [0.29, 0.717) is 26.1 Å². The van der Waals surface area contributed by atoms with Crippen molar-refractivity contribution in [2.24, 2.45) is 0 Å². The molecule has 0 spiro atoms. The van der Waals surface area contributed by atoms with Crippen molar-refractivity contribution in [3.63, 3.8) is 0 Å². The van der Waals surface area contributed by atoms with E-state index >= 15 is 0 Å². The molecule has 0 aromatic heterocycles. The van der Waals surface area contributed by atoms with Crippen molar-refractivity contribution in [3.05, 3.63) is 59.7 Å². The number of benzene rings is 2. The first-order valence-corrected chi connectivity index (χ1v) is 22.3. The Hall–Kier alpha value is -2.38. The molecule has 2 aromatic rings. The second-order valence-corrected chi connectivity index (χ2v) is 15.5. The van der Waals surface area contributed by atoms with Crippen LogP contribution in [-0.4, -0.2) is 73.8 Å². The number of ketones is 2. The molecule has 0 aliphatic heterocycles. The molecule has 0 bridgehead atoms. The van der Waals surface area contributed by atoms with E-state index in [1.807, 2.05) is 24.3 Å². The van der Waals surface area contributed by atoms with Crippen LogP contribution >= 0.6 is 0 Å². The Balaban J connectivity index is 1.78. The summed E-state index contributed by atoms with van der Waals surface area (Å²) in [7, 11) is 0. The van der Waals surface area contributed by atoms with Crippen molar-refractivity contribution >= 4 is 11.6 Å². The van der Waals surface area contributed by atoms with E-state index in [4.69, 9.17) is 9.47 Å². The molecular formula is C48H80N2O4. The van der Waals surface area contributed by atoms with E-state index in [-0.39, 0.29) is 24.8 Å². The Morgan fingerprint density at radius 3 is 1.17 bits per heavy atom. The van der Waals surface area contributed by atoms with Crippen molar-refractivity contribution < 1.29 is 19.1 Å². The number of hydrogen-bond donors (Lipinski definition) is 0. The molecule has 0 amide bonds. The number of Topliss-reactive ketones (excluding diaryl/α,β-unsaturated/α-hetero) is 2. The molecule has 2 aromatic carbocycles. The molecule has 0 atom stereocenters. The second-order valence-electron chi connectivity index (χ2n) is 15.5. The van der Waals surface area contributed by atoms with Gasteiger partial charge in [-0.3, -0.25) is 9.59 Å². The fraction of sp³-hybridized carbons (Fsp3) is 0.708. The van der Waals surface area contributed by atoms with Gasteiger partial charge in [0.05, 0.1) is 13.2 Å². The number of carbonyl (C=O) groups is 2. The highest BCUT2D eigenvalue weighted by molar-refractivity contribution is 5.80. The highest BCUT2D eigenvalue weighted by Gasteiger charge is 2.13. The molecule has 0 N–H and O–H groups in total. The predicted octanol–water partition coefficient (Wildman–Crippen LogP) is 12.0. The topological polar surface area (TPSA) is 59.1 Å². The number of rotatable bonds is 37. The van der Waals surface area contributed by atoms with Crippen LogP contribution in [0.2, 0.25) is 0 Å². The summed E-state index contributed by atoms with van der Waals surface area (Å²) in [6.07, 6.45) is 23.6. The number of carbonyl (C=O) groups excluding carboxylic acids is 2. The van der Waals surface area contributed by atoms with Crippen LogP contribution in [-0.2, 0) is 32.3 Å². The fourth-order valence-electron chi connectivity index (χ4n) is 7.18. The van der Waals surface area contributed by atoms with E-state index in [1.165, 1.54) is 103 Å². The Morgan fingerprint density at radius 2 is 0.759 bits per heavy atom. The fourth-order valence-corrected chi connectivity index (χ4v) is 7.18.